The van der Waals surface area contributed by atoms with Gasteiger partial charge in [-0.05, 0) is 32.4 Å². The number of benzene rings is 1. The molecule has 0 saturated carbocycles. The lowest BCUT2D eigenvalue weighted by molar-refractivity contribution is 0.0389. The van der Waals surface area contributed by atoms with E-state index in [0.29, 0.717) is 19.7 Å². The minimum atomic E-state index is 0. The molecule has 1 fully saturated rings. The molecule has 1 aliphatic rings. The zero-order valence-electron chi connectivity index (χ0n) is 19.6. The molecule has 0 atom stereocenters. The van der Waals surface area contributed by atoms with Crippen LogP contribution in [0, 0.1) is 13.8 Å². The molecule has 1 aromatic heterocycles. The molecule has 0 bridgehead atoms. The lowest BCUT2D eigenvalue weighted by Gasteiger charge is -2.26. The van der Waals surface area contributed by atoms with Crippen LogP contribution in [0.5, 0.6) is 5.75 Å². The van der Waals surface area contributed by atoms with Crippen molar-refractivity contribution in [3.8, 4) is 5.75 Å². The first-order chi connectivity index (χ1) is 15.1. The Hall–Kier alpha value is -1.92. The quantitative estimate of drug-likeness (QED) is 0.277. The number of morpholine rings is 1. The number of guanidine groups is 1. The van der Waals surface area contributed by atoms with Gasteiger partial charge in [0, 0.05) is 38.8 Å². The highest BCUT2D eigenvalue weighted by Gasteiger charge is 2.11. The Morgan fingerprint density at radius 1 is 1.19 bits per heavy atom. The molecule has 0 spiro atoms. The van der Waals surface area contributed by atoms with E-state index in [2.05, 4.69) is 50.9 Å². The standard InChI is InChI=1S/C22H35N7O2.HI/c1-5-31-20-14-17(2)6-7-19(20)15-24-22(23-8-9-29-10-12-30-13-11-29)25-16-21-27-26-18(3)28(21)4;/h6-7,14H,5,8-13,15-16H2,1-4H3,(H2,23,24,25);1H. The van der Waals surface area contributed by atoms with Crippen molar-refractivity contribution in [3.05, 3.63) is 41.0 Å². The highest BCUT2D eigenvalue weighted by Crippen LogP contribution is 2.21. The van der Waals surface area contributed by atoms with Gasteiger partial charge in [-0.2, -0.15) is 0 Å². The molecule has 0 aliphatic carbocycles. The summed E-state index contributed by atoms with van der Waals surface area (Å²) in [5, 5.41) is 15.2. The first kappa shape index (κ1) is 26.3. The van der Waals surface area contributed by atoms with Gasteiger partial charge >= 0.3 is 0 Å². The minimum Gasteiger partial charge on any atom is -0.494 e. The van der Waals surface area contributed by atoms with Crippen LogP contribution in [-0.4, -0.2) is 71.6 Å². The summed E-state index contributed by atoms with van der Waals surface area (Å²) in [4.78, 5) is 7.21. The largest absolute Gasteiger partial charge is 0.494 e. The maximum absolute atomic E-state index is 5.81. The van der Waals surface area contributed by atoms with E-state index in [9.17, 15) is 0 Å². The minimum absolute atomic E-state index is 0. The van der Waals surface area contributed by atoms with Gasteiger partial charge in [0.15, 0.2) is 11.8 Å². The molecule has 2 heterocycles. The van der Waals surface area contributed by atoms with E-state index < -0.39 is 0 Å². The predicted octanol–water partition coefficient (Wildman–Crippen LogP) is 2.02. The SMILES string of the molecule is CCOc1cc(C)ccc1CN=C(NCCN1CCOCC1)NCc1nnc(C)n1C.I. The van der Waals surface area contributed by atoms with Crippen molar-refractivity contribution < 1.29 is 9.47 Å². The molecule has 1 aliphatic heterocycles. The lowest BCUT2D eigenvalue weighted by Crippen LogP contribution is -2.44. The number of nitrogens with one attached hydrogen (secondary N) is 2. The molecule has 0 radical (unpaired) electrons. The van der Waals surface area contributed by atoms with Gasteiger partial charge in [0.25, 0.3) is 0 Å². The van der Waals surface area contributed by atoms with Gasteiger partial charge in [-0.25, -0.2) is 4.99 Å². The summed E-state index contributed by atoms with van der Waals surface area (Å²) in [5.74, 6) is 3.39. The van der Waals surface area contributed by atoms with Crippen LogP contribution in [0.1, 0.15) is 29.7 Å². The normalized spacial score (nSPS) is 14.7. The molecule has 2 N–H and O–H groups in total. The predicted molar refractivity (Wildman–Crippen MR) is 137 cm³/mol. The number of rotatable bonds is 9. The van der Waals surface area contributed by atoms with Crippen molar-refractivity contribution in [1.82, 2.24) is 30.3 Å². The van der Waals surface area contributed by atoms with E-state index >= 15 is 0 Å². The molecule has 9 nitrogen and oxygen atoms in total. The summed E-state index contributed by atoms with van der Waals surface area (Å²) in [7, 11) is 1.97. The fraction of sp³-hybridized carbons (Fsp3) is 0.591. The summed E-state index contributed by atoms with van der Waals surface area (Å²) < 4.78 is 13.2. The van der Waals surface area contributed by atoms with E-state index in [1.54, 1.807) is 0 Å². The van der Waals surface area contributed by atoms with Gasteiger partial charge in [0.05, 0.1) is 32.9 Å². The van der Waals surface area contributed by atoms with Crippen LogP contribution in [0.15, 0.2) is 23.2 Å². The topological polar surface area (TPSA) is 88.8 Å². The van der Waals surface area contributed by atoms with Crippen molar-refractivity contribution in [2.24, 2.45) is 12.0 Å². The second kappa shape index (κ2) is 13.6. The summed E-state index contributed by atoms with van der Waals surface area (Å²) in [6.45, 7) is 13.0. The second-order valence-electron chi connectivity index (χ2n) is 7.67. The van der Waals surface area contributed by atoms with Crippen LogP contribution in [0.25, 0.3) is 0 Å². The van der Waals surface area contributed by atoms with E-state index in [0.717, 1.165) is 68.3 Å². The molecule has 0 amide bonds. The van der Waals surface area contributed by atoms with Crippen LogP contribution >= 0.6 is 24.0 Å². The first-order valence-corrected chi connectivity index (χ1v) is 11.0. The Morgan fingerprint density at radius 2 is 1.97 bits per heavy atom. The van der Waals surface area contributed by atoms with Crippen LogP contribution in [0.3, 0.4) is 0 Å². The van der Waals surface area contributed by atoms with Gasteiger partial charge in [0.1, 0.15) is 11.6 Å². The van der Waals surface area contributed by atoms with Crippen LogP contribution in [-0.2, 0) is 24.9 Å². The molecule has 1 aromatic carbocycles. The van der Waals surface area contributed by atoms with E-state index in [1.807, 2.05) is 25.5 Å². The van der Waals surface area contributed by atoms with Gasteiger partial charge in [-0.15, -0.1) is 34.2 Å². The third-order valence-corrected chi connectivity index (χ3v) is 5.35. The number of aliphatic imine (C=N–C) groups is 1. The molecule has 32 heavy (non-hydrogen) atoms. The summed E-state index contributed by atoms with van der Waals surface area (Å²) >= 11 is 0. The van der Waals surface area contributed by atoms with Crippen molar-refractivity contribution in [1.29, 1.82) is 0 Å². The summed E-state index contributed by atoms with van der Waals surface area (Å²) in [5.41, 5.74) is 2.24. The highest BCUT2D eigenvalue weighted by atomic mass is 127. The van der Waals surface area contributed by atoms with Crippen LogP contribution in [0.4, 0.5) is 0 Å². The summed E-state index contributed by atoms with van der Waals surface area (Å²) in [6, 6.07) is 6.24. The Balaban J connectivity index is 0.00000363. The van der Waals surface area contributed by atoms with Crippen LogP contribution in [0.2, 0.25) is 0 Å². The monoisotopic (exact) mass is 557 g/mol. The van der Waals surface area contributed by atoms with Crippen molar-refractivity contribution in [3.63, 3.8) is 0 Å². The van der Waals surface area contributed by atoms with Crippen molar-refractivity contribution >= 4 is 29.9 Å². The molecular formula is C22H36IN7O2. The Bertz CT molecular complexity index is 866. The highest BCUT2D eigenvalue weighted by molar-refractivity contribution is 14.0. The second-order valence-corrected chi connectivity index (χ2v) is 7.67. The van der Waals surface area contributed by atoms with E-state index in [1.165, 1.54) is 5.56 Å². The van der Waals surface area contributed by atoms with Gasteiger partial charge in [-0.1, -0.05) is 12.1 Å². The summed E-state index contributed by atoms with van der Waals surface area (Å²) in [6.07, 6.45) is 0. The van der Waals surface area contributed by atoms with Crippen molar-refractivity contribution in [2.45, 2.75) is 33.9 Å². The molecule has 3 rings (SSSR count). The zero-order valence-corrected chi connectivity index (χ0v) is 21.9. The molecule has 2 aromatic rings. The number of aromatic nitrogens is 3. The van der Waals surface area contributed by atoms with E-state index in [4.69, 9.17) is 14.5 Å². The lowest BCUT2D eigenvalue weighted by atomic mass is 10.1. The van der Waals surface area contributed by atoms with Crippen molar-refractivity contribution in [2.75, 3.05) is 46.0 Å². The maximum atomic E-state index is 5.81. The smallest absolute Gasteiger partial charge is 0.192 e. The van der Waals surface area contributed by atoms with Gasteiger partial charge < -0.3 is 24.7 Å². The fourth-order valence-corrected chi connectivity index (χ4v) is 3.35. The number of aryl methyl sites for hydroxylation is 2. The average Bonchev–Trinajstić information content (AvgIpc) is 3.09. The third-order valence-electron chi connectivity index (χ3n) is 5.35. The number of ether oxygens (including phenoxy) is 2. The molecule has 178 valence electrons. The maximum Gasteiger partial charge on any atom is 0.192 e. The fourth-order valence-electron chi connectivity index (χ4n) is 3.35. The zero-order chi connectivity index (χ0) is 22.1. The Morgan fingerprint density at radius 3 is 2.66 bits per heavy atom. The number of hydrogen-bond donors (Lipinski definition) is 2. The average molecular weight is 557 g/mol. The number of hydrogen-bond acceptors (Lipinski definition) is 6. The molecular weight excluding hydrogens is 521 g/mol. The Labute approximate surface area is 208 Å². The van der Waals surface area contributed by atoms with Gasteiger partial charge in [-0.3, -0.25) is 4.90 Å². The van der Waals surface area contributed by atoms with Gasteiger partial charge in [0.2, 0.25) is 0 Å². The molecule has 10 heteroatoms. The molecule has 0 unspecified atom stereocenters. The number of nitrogens with zero attached hydrogens (tertiary/aromatic N) is 5. The van der Waals surface area contributed by atoms with Crippen LogP contribution < -0.4 is 15.4 Å². The van der Waals surface area contributed by atoms with E-state index in [-0.39, 0.29) is 24.0 Å². The third kappa shape index (κ3) is 7.89. The Kier molecular flexibility index (Phi) is 11.2. The first-order valence-electron chi connectivity index (χ1n) is 11.0. The molecule has 1 saturated heterocycles. The number of halogens is 1.